The SMILES string of the molecule is CC(=O)OCC1O[C@H](Oc2ccc3cc(/C(N)=C/N(N)CCCCCCCO)ccc3c2)C(OC(C)=O)C(C)[C@@H]1C. The summed E-state index contributed by atoms with van der Waals surface area (Å²) < 4.78 is 23.2. The number of fused-ring (bicyclic) bond motifs is 1. The lowest BCUT2D eigenvalue weighted by atomic mass is 9.83. The van der Waals surface area contributed by atoms with E-state index in [0.29, 0.717) is 18.0 Å². The molecule has 1 heterocycles. The summed E-state index contributed by atoms with van der Waals surface area (Å²) in [7, 11) is 0. The van der Waals surface area contributed by atoms with Crippen LogP contribution in [0.4, 0.5) is 0 Å². The van der Waals surface area contributed by atoms with Gasteiger partial charge in [-0.15, -0.1) is 0 Å². The summed E-state index contributed by atoms with van der Waals surface area (Å²) in [6, 6.07) is 11.5. The Labute approximate surface area is 242 Å². The summed E-state index contributed by atoms with van der Waals surface area (Å²) >= 11 is 0. The van der Waals surface area contributed by atoms with E-state index in [2.05, 4.69) is 0 Å². The molecule has 3 rings (SSSR count). The average Bonchev–Trinajstić information content (AvgIpc) is 2.93. The third-order valence-corrected chi connectivity index (χ3v) is 7.54. The Kier molecular flexibility index (Phi) is 12.2. The van der Waals surface area contributed by atoms with Gasteiger partial charge in [0.05, 0.1) is 11.8 Å². The molecule has 226 valence electrons. The van der Waals surface area contributed by atoms with Gasteiger partial charge in [0.1, 0.15) is 12.4 Å². The molecular weight excluding hydrogens is 526 g/mol. The zero-order chi connectivity index (χ0) is 29.9. The quantitative estimate of drug-likeness (QED) is 0.131. The summed E-state index contributed by atoms with van der Waals surface area (Å²) in [4.78, 5) is 23.2. The van der Waals surface area contributed by atoms with Crippen LogP contribution in [0.3, 0.4) is 0 Å². The van der Waals surface area contributed by atoms with E-state index in [9.17, 15) is 9.59 Å². The highest BCUT2D eigenvalue weighted by Crippen LogP contribution is 2.35. The van der Waals surface area contributed by atoms with Crippen LogP contribution < -0.4 is 16.3 Å². The van der Waals surface area contributed by atoms with Crippen LogP contribution in [-0.4, -0.2) is 60.3 Å². The zero-order valence-corrected chi connectivity index (χ0v) is 24.6. The van der Waals surface area contributed by atoms with E-state index in [1.807, 2.05) is 50.2 Å². The molecule has 0 aromatic heterocycles. The molecule has 0 amide bonds. The summed E-state index contributed by atoms with van der Waals surface area (Å²) in [5.74, 6) is 5.75. The van der Waals surface area contributed by atoms with Gasteiger partial charge in [-0.2, -0.15) is 0 Å². The van der Waals surface area contributed by atoms with Gasteiger partial charge in [0, 0.05) is 39.1 Å². The first kappa shape index (κ1) is 32.2. The molecule has 10 heteroatoms. The van der Waals surface area contributed by atoms with Gasteiger partial charge in [-0.1, -0.05) is 51.3 Å². The third-order valence-electron chi connectivity index (χ3n) is 7.54. The molecule has 0 spiro atoms. The fourth-order valence-corrected chi connectivity index (χ4v) is 4.96. The smallest absolute Gasteiger partial charge is 0.303 e. The minimum atomic E-state index is -0.869. The molecule has 1 aliphatic heterocycles. The Bertz CT molecular complexity index is 1190. The third kappa shape index (κ3) is 9.62. The van der Waals surface area contributed by atoms with Crippen molar-refractivity contribution in [3.63, 3.8) is 0 Å². The average molecular weight is 572 g/mol. The number of hydrazine groups is 1. The lowest BCUT2D eigenvalue weighted by Crippen LogP contribution is -2.54. The Morgan fingerprint density at radius 1 is 0.976 bits per heavy atom. The first-order chi connectivity index (χ1) is 19.6. The molecule has 41 heavy (non-hydrogen) atoms. The molecule has 1 aliphatic rings. The lowest BCUT2D eigenvalue weighted by Gasteiger charge is -2.43. The number of nitrogens with two attached hydrogens (primary N) is 2. The van der Waals surface area contributed by atoms with Gasteiger partial charge in [-0.3, -0.25) is 9.59 Å². The highest BCUT2D eigenvalue weighted by Gasteiger charge is 2.45. The highest BCUT2D eigenvalue weighted by atomic mass is 16.7. The molecule has 2 aromatic rings. The van der Waals surface area contributed by atoms with Gasteiger partial charge in [0.2, 0.25) is 6.29 Å². The molecule has 1 fully saturated rings. The Morgan fingerprint density at radius 2 is 1.66 bits per heavy atom. The standard InChI is InChI=1S/C31H45N3O7/c1-20-21(2)30(39-23(4)37)31(41-29(20)19-38-22(3)36)40-27-13-12-24-16-26(11-10-25(24)17-27)28(32)18-34(33)14-8-6-5-7-9-15-35/h10-13,16-18,20-21,29-31,35H,5-9,14-15,19,32-33H2,1-4H3/b28-18-/t20-,21?,29?,30?,31-/m0/s1. The second-order valence-corrected chi connectivity index (χ2v) is 10.8. The van der Waals surface area contributed by atoms with Crippen molar-refractivity contribution < 1.29 is 33.6 Å². The molecule has 0 bridgehead atoms. The fraction of sp³-hybridized carbons (Fsp3) is 0.548. The van der Waals surface area contributed by atoms with Gasteiger partial charge in [0.25, 0.3) is 0 Å². The number of hydrogen-bond donors (Lipinski definition) is 3. The second-order valence-electron chi connectivity index (χ2n) is 10.8. The van der Waals surface area contributed by atoms with E-state index in [1.54, 1.807) is 11.2 Å². The number of rotatable bonds is 14. The van der Waals surface area contributed by atoms with Crippen molar-refractivity contribution in [2.45, 2.75) is 78.3 Å². The van der Waals surface area contributed by atoms with Crippen LogP contribution in [0.2, 0.25) is 0 Å². The molecule has 0 aliphatic carbocycles. The van der Waals surface area contributed by atoms with Crippen molar-refractivity contribution in [1.82, 2.24) is 5.01 Å². The molecule has 5 atom stereocenters. The first-order valence-corrected chi connectivity index (χ1v) is 14.4. The van der Waals surface area contributed by atoms with Crippen LogP contribution in [0.5, 0.6) is 5.75 Å². The summed E-state index contributed by atoms with van der Waals surface area (Å²) in [6.45, 7) is 7.69. The Morgan fingerprint density at radius 3 is 2.37 bits per heavy atom. The molecule has 10 nitrogen and oxygen atoms in total. The topological polar surface area (TPSA) is 147 Å². The number of carbonyl (C=O) groups is 2. The van der Waals surface area contributed by atoms with Gasteiger partial charge in [-0.05, 0) is 53.3 Å². The number of nitrogens with zero attached hydrogens (tertiary/aromatic N) is 1. The van der Waals surface area contributed by atoms with Crippen molar-refractivity contribution in [3.05, 3.63) is 48.2 Å². The van der Waals surface area contributed by atoms with Crippen molar-refractivity contribution in [2.24, 2.45) is 23.4 Å². The second kappa shape index (κ2) is 15.6. The Balaban J connectivity index is 1.69. The lowest BCUT2D eigenvalue weighted by molar-refractivity contribution is -0.253. The number of unbranched alkanes of at least 4 members (excludes halogenated alkanes) is 4. The van der Waals surface area contributed by atoms with Gasteiger partial charge in [0.15, 0.2) is 6.10 Å². The number of hydrogen-bond acceptors (Lipinski definition) is 10. The van der Waals surface area contributed by atoms with E-state index >= 15 is 0 Å². The summed E-state index contributed by atoms with van der Waals surface area (Å²) in [5, 5.41) is 12.4. The molecule has 3 unspecified atom stereocenters. The summed E-state index contributed by atoms with van der Waals surface area (Å²) in [5.41, 5.74) is 7.76. The van der Waals surface area contributed by atoms with Crippen LogP contribution in [0, 0.1) is 11.8 Å². The maximum atomic E-state index is 11.9. The molecule has 2 aromatic carbocycles. The Hall–Kier alpha value is -3.34. The maximum Gasteiger partial charge on any atom is 0.303 e. The first-order valence-electron chi connectivity index (χ1n) is 14.4. The van der Waals surface area contributed by atoms with E-state index in [4.69, 9.17) is 35.6 Å². The highest BCUT2D eigenvalue weighted by molar-refractivity contribution is 5.87. The van der Waals surface area contributed by atoms with E-state index < -0.39 is 24.5 Å². The van der Waals surface area contributed by atoms with Crippen molar-refractivity contribution in [1.29, 1.82) is 0 Å². The van der Waals surface area contributed by atoms with Crippen LogP contribution in [0.25, 0.3) is 16.5 Å². The fourth-order valence-electron chi connectivity index (χ4n) is 4.96. The van der Waals surface area contributed by atoms with E-state index in [-0.39, 0.29) is 31.0 Å². The van der Waals surface area contributed by atoms with Crippen LogP contribution in [0.15, 0.2) is 42.6 Å². The van der Waals surface area contributed by atoms with Crippen LogP contribution in [0.1, 0.15) is 65.4 Å². The van der Waals surface area contributed by atoms with Gasteiger partial charge in [-0.25, -0.2) is 5.84 Å². The molecule has 0 radical (unpaired) electrons. The number of aliphatic hydroxyl groups is 1. The molecule has 0 saturated carbocycles. The van der Waals surface area contributed by atoms with E-state index in [1.165, 1.54) is 13.8 Å². The van der Waals surface area contributed by atoms with Gasteiger partial charge >= 0.3 is 11.9 Å². The monoisotopic (exact) mass is 571 g/mol. The molecule has 5 N–H and O–H groups in total. The minimum absolute atomic E-state index is 0.0339. The largest absolute Gasteiger partial charge is 0.463 e. The predicted octanol–water partition coefficient (Wildman–Crippen LogP) is 4.09. The molecular formula is C31H45N3O7. The van der Waals surface area contributed by atoms with Crippen molar-refractivity contribution >= 4 is 28.4 Å². The number of esters is 2. The maximum absolute atomic E-state index is 11.9. The van der Waals surface area contributed by atoms with Crippen LogP contribution >= 0.6 is 0 Å². The van der Waals surface area contributed by atoms with Crippen molar-refractivity contribution in [3.8, 4) is 5.75 Å². The summed E-state index contributed by atoms with van der Waals surface area (Å²) in [6.07, 6.45) is 4.80. The van der Waals surface area contributed by atoms with E-state index in [0.717, 1.165) is 48.4 Å². The minimum Gasteiger partial charge on any atom is -0.463 e. The number of benzene rings is 2. The zero-order valence-electron chi connectivity index (χ0n) is 24.6. The van der Waals surface area contributed by atoms with Crippen LogP contribution in [-0.2, 0) is 23.8 Å². The normalized spacial score (nSPS) is 22.8. The number of aliphatic hydroxyl groups excluding tert-OH is 1. The molecule has 1 saturated heterocycles. The number of carbonyl (C=O) groups excluding carboxylic acids is 2. The number of ether oxygens (including phenoxy) is 4. The van der Waals surface area contributed by atoms with Crippen molar-refractivity contribution in [2.75, 3.05) is 19.8 Å². The predicted molar refractivity (Wildman–Crippen MR) is 157 cm³/mol. The van der Waals surface area contributed by atoms with Gasteiger partial charge < -0.3 is 34.8 Å².